The predicted octanol–water partition coefficient (Wildman–Crippen LogP) is 3.54. The second-order valence-corrected chi connectivity index (χ2v) is 5.53. The van der Waals surface area contributed by atoms with Crippen molar-refractivity contribution in [3.8, 4) is 0 Å². The fraction of sp³-hybridized carbons (Fsp3) is 0.0667. The largest absolute Gasteiger partial charge is 0.378 e. The molecule has 0 bridgehead atoms. The zero-order chi connectivity index (χ0) is 15.7. The van der Waals surface area contributed by atoms with Crippen molar-refractivity contribution in [1.29, 1.82) is 0 Å². The number of anilines is 1. The van der Waals surface area contributed by atoms with Gasteiger partial charge in [-0.25, -0.2) is 0 Å². The van der Waals surface area contributed by atoms with Crippen LogP contribution in [0.2, 0.25) is 10.2 Å². The maximum absolute atomic E-state index is 12.1. The van der Waals surface area contributed by atoms with Gasteiger partial charge in [0.15, 0.2) is 6.10 Å². The molecule has 0 fully saturated rings. The highest BCUT2D eigenvalue weighted by atomic mass is 35.5. The summed E-state index contributed by atoms with van der Waals surface area (Å²) < 4.78 is 0. The highest BCUT2D eigenvalue weighted by molar-refractivity contribution is 6.34. The minimum atomic E-state index is -1.31. The number of amides is 1. The lowest BCUT2D eigenvalue weighted by atomic mass is 10.1. The van der Waals surface area contributed by atoms with Gasteiger partial charge in [-0.05, 0) is 35.9 Å². The van der Waals surface area contributed by atoms with E-state index in [1.165, 1.54) is 0 Å². The third-order valence-electron chi connectivity index (χ3n) is 3.19. The summed E-state index contributed by atoms with van der Waals surface area (Å²) in [5, 5.41) is 20.9. The van der Waals surface area contributed by atoms with Crippen LogP contribution in [0.5, 0.6) is 0 Å². The average Bonchev–Trinajstić information content (AvgIpc) is 2.87. The normalized spacial score (nSPS) is 12.3. The Morgan fingerprint density at radius 1 is 1.23 bits per heavy atom. The summed E-state index contributed by atoms with van der Waals surface area (Å²) in [5.74, 6) is -0.554. The number of benzene rings is 2. The smallest absolute Gasteiger partial charge is 0.257 e. The van der Waals surface area contributed by atoms with E-state index >= 15 is 0 Å². The first-order chi connectivity index (χ1) is 10.5. The number of carbonyl (C=O) groups excluding carboxylic acids is 1. The zero-order valence-electron chi connectivity index (χ0n) is 11.2. The molecule has 3 rings (SSSR count). The Hall–Kier alpha value is -2.08. The Kier molecular flexibility index (Phi) is 4.02. The third-order valence-corrected chi connectivity index (χ3v) is 3.71. The summed E-state index contributed by atoms with van der Waals surface area (Å²) in [6.07, 6.45) is -1.31. The van der Waals surface area contributed by atoms with Gasteiger partial charge in [-0.2, -0.15) is 5.10 Å². The third kappa shape index (κ3) is 2.92. The van der Waals surface area contributed by atoms with Crippen molar-refractivity contribution < 1.29 is 9.90 Å². The van der Waals surface area contributed by atoms with Crippen molar-refractivity contribution in [2.45, 2.75) is 6.10 Å². The molecule has 0 saturated heterocycles. The molecule has 0 aliphatic carbocycles. The van der Waals surface area contributed by atoms with Gasteiger partial charge in [0.25, 0.3) is 5.91 Å². The summed E-state index contributed by atoms with van der Waals surface area (Å²) in [6, 6.07) is 11.6. The molecule has 7 heteroatoms. The van der Waals surface area contributed by atoms with Crippen molar-refractivity contribution in [3.63, 3.8) is 0 Å². The molecule has 0 aliphatic heterocycles. The van der Waals surface area contributed by atoms with Crippen LogP contribution in [0.3, 0.4) is 0 Å². The maximum atomic E-state index is 12.1. The van der Waals surface area contributed by atoms with Crippen molar-refractivity contribution >= 4 is 45.7 Å². The van der Waals surface area contributed by atoms with Gasteiger partial charge in [0.2, 0.25) is 0 Å². The average molecular weight is 336 g/mol. The number of fused-ring (bicyclic) bond motifs is 1. The summed E-state index contributed by atoms with van der Waals surface area (Å²) in [5.41, 5.74) is 1.63. The first-order valence-corrected chi connectivity index (χ1v) is 7.18. The van der Waals surface area contributed by atoms with Gasteiger partial charge in [0.05, 0.1) is 5.52 Å². The van der Waals surface area contributed by atoms with Crippen molar-refractivity contribution in [2.24, 2.45) is 0 Å². The summed E-state index contributed by atoms with van der Waals surface area (Å²) in [4.78, 5) is 12.1. The Labute approximate surface area is 135 Å². The van der Waals surface area contributed by atoms with E-state index in [-0.39, 0.29) is 0 Å². The number of aliphatic hydroxyl groups excluding tert-OH is 1. The Bertz CT molecular complexity index is 848. The minimum Gasteiger partial charge on any atom is -0.378 e. The van der Waals surface area contributed by atoms with E-state index < -0.39 is 12.0 Å². The van der Waals surface area contributed by atoms with Gasteiger partial charge >= 0.3 is 0 Å². The molecular formula is C15H11Cl2N3O2. The van der Waals surface area contributed by atoms with E-state index in [1.807, 2.05) is 0 Å². The highest BCUT2D eigenvalue weighted by Gasteiger charge is 2.18. The van der Waals surface area contributed by atoms with Crippen LogP contribution >= 0.6 is 23.2 Å². The van der Waals surface area contributed by atoms with E-state index in [0.717, 1.165) is 0 Å². The van der Waals surface area contributed by atoms with E-state index in [4.69, 9.17) is 23.2 Å². The molecule has 0 aliphatic rings. The van der Waals surface area contributed by atoms with Crippen molar-refractivity contribution in [3.05, 3.63) is 58.2 Å². The van der Waals surface area contributed by atoms with E-state index in [1.54, 1.807) is 42.5 Å². The minimum absolute atomic E-state index is 0.390. The number of hydrogen-bond donors (Lipinski definition) is 3. The van der Waals surface area contributed by atoms with E-state index in [0.29, 0.717) is 32.3 Å². The number of halogens is 2. The molecule has 0 saturated carbocycles. The van der Waals surface area contributed by atoms with Crippen molar-refractivity contribution in [2.75, 3.05) is 5.32 Å². The summed E-state index contributed by atoms with van der Waals surface area (Å²) in [7, 11) is 0. The first kappa shape index (κ1) is 14.8. The lowest BCUT2D eigenvalue weighted by molar-refractivity contribution is -0.124. The van der Waals surface area contributed by atoms with Gasteiger partial charge in [-0.15, -0.1) is 0 Å². The summed E-state index contributed by atoms with van der Waals surface area (Å²) in [6.45, 7) is 0. The molecular weight excluding hydrogens is 325 g/mol. The first-order valence-electron chi connectivity index (χ1n) is 6.42. The lowest BCUT2D eigenvalue weighted by Gasteiger charge is -2.12. The fourth-order valence-corrected chi connectivity index (χ4v) is 2.49. The van der Waals surface area contributed by atoms with Crippen LogP contribution in [0.25, 0.3) is 10.9 Å². The van der Waals surface area contributed by atoms with Crippen LogP contribution < -0.4 is 5.32 Å². The molecule has 3 N–H and O–H groups in total. The number of aromatic amines is 1. The second kappa shape index (κ2) is 5.96. The topological polar surface area (TPSA) is 78.0 Å². The standard InChI is InChI=1S/C15H11Cl2N3O2/c16-9-3-1-2-8(6-9)13(21)15(22)18-10-4-5-12-11(7-10)14(17)20-19-12/h1-7,13,21H,(H,18,22)(H,19,20). The molecule has 112 valence electrons. The number of carbonyl (C=O) groups is 1. The van der Waals surface area contributed by atoms with Gasteiger partial charge in [-0.1, -0.05) is 35.3 Å². The quantitative estimate of drug-likeness (QED) is 0.684. The number of hydrogen-bond acceptors (Lipinski definition) is 3. The second-order valence-electron chi connectivity index (χ2n) is 4.72. The van der Waals surface area contributed by atoms with Crippen LogP contribution in [0.4, 0.5) is 5.69 Å². The Balaban J connectivity index is 1.81. The number of rotatable bonds is 3. The van der Waals surface area contributed by atoms with Crippen LogP contribution in [0.1, 0.15) is 11.7 Å². The molecule has 0 radical (unpaired) electrons. The predicted molar refractivity (Wildman–Crippen MR) is 86.1 cm³/mol. The summed E-state index contributed by atoms with van der Waals surface area (Å²) >= 11 is 11.8. The van der Waals surface area contributed by atoms with Crippen LogP contribution in [0.15, 0.2) is 42.5 Å². The van der Waals surface area contributed by atoms with E-state index in [9.17, 15) is 9.90 Å². The lowest BCUT2D eigenvalue weighted by Crippen LogP contribution is -2.20. The van der Waals surface area contributed by atoms with Crippen LogP contribution in [0, 0.1) is 0 Å². The number of nitrogens with zero attached hydrogens (tertiary/aromatic N) is 1. The number of H-pyrrole nitrogens is 1. The highest BCUT2D eigenvalue weighted by Crippen LogP contribution is 2.25. The van der Waals surface area contributed by atoms with E-state index in [2.05, 4.69) is 15.5 Å². The number of nitrogens with one attached hydrogen (secondary N) is 2. The molecule has 1 heterocycles. The zero-order valence-corrected chi connectivity index (χ0v) is 12.7. The molecule has 1 aromatic heterocycles. The molecule has 0 spiro atoms. The van der Waals surface area contributed by atoms with Gasteiger partial charge in [0, 0.05) is 16.1 Å². The van der Waals surface area contributed by atoms with Crippen molar-refractivity contribution in [1.82, 2.24) is 10.2 Å². The van der Waals surface area contributed by atoms with Crippen LogP contribution in [-0.2, 0) is 4.79 Å². The molecule has 1 atom stereocenters. The van der Waals surface area contributed by atoms with Gasteiger partial charge in [0.1, 0.15) is 5.15 Å². The van der Waals surface area contributed by atoms with Gasteiger partial charge < -0.3 is 10.4 Å². The molecule has 1 unspecified atom stereocenters. The molecule has 22 heavy (non-hydrogen) atoms. The molecule has 3 aromatic rings. The van der Waals surface area contributed by atoms with Gasteiger partial charge in [-0.3, -0.25) is 9.89 Å². The fourth-order valence-electron chi connectivity index (χ4n) is 2.10. The number of aliphatic hydroxyl groups is 1. The Morgan fingerprint density at radius 2 is 2.05 bits per heavy atom. The molecule has 1 amide bonds. The number of aromatic nitrogens is 2. The maximum Gasteiger partial charge on any atom is 0.257 e. The monoisotopic (exact) mass is 335 g/mol. The Morgan fingerprint density at radius 3 is 2.82 bits per heavy atom. The molecule has 5 nitrogen and oxygen atoms in total. The van der Waals surface area contributed by atoms with Crippen LogP contribution in [-0.4, -0.2) is 21.2 Å². The molecule has 2 aromatic carbocycles. The SMILES string of the molecule is O=C(Nc1ccc2n[nH]c(Cl)c2c1)C(O)c1cccc(Cl)c1.